The number of nitrogens with two attached hydrogens (primary N) is 1. The number of benzene rings is 2. The lowest BCUT2D eigenvalue weighted by Gasteiger charge is -2.18. The lowest BCUT2D eigenvalue weighted by Crippen LogP contribution is -2.16. The maximum atomic E-state index is 13.9. The van der Waals surface area contributed by atoms with Crippen molar-refractivity contribution < 1.29 is 4.39 Å². The van der Waals surface area contributed by atoms with E-state index in [0.717, 1.165) is 0 Å². The van der Waals surface area contributed by atoms with Crippen molar-refractivity contribution in [2.75, 3.05) is 6.54 Å². The molecule has 0 aliphatic rings. The van der Waals surface area contributed by atoms with Gasteiger partial charge in [0, 0.05) is 5.92 Å². The number of aryl methyl sites for hydroxylation is 1. The second-order valence-electron chi connectivity index (χ2n) is 4.71. The Bertz CT molecular complexity index is 568. The van der Waals surface area contributed by atoms with Crippen LogP contribution in [0.1, 0.15) is 22.6 Å². The highest BCUT2D eigenvalue weighted by atomic mass is 35.5. The highest BCUT2D eigenvalue weighted by molar-refractivity contribution is 6.30. The van der Waals surface area contributed by atoms with E-state index >= 15 is 0 Å². The van der Waals surface area contributed by atoms with Gasteiger partial charge in [0.2, 0.25) is 0 Å². The van der Waals surface area contributed by atoms with E-state index < -0.39 is 0 Å². The van der Waals surface area contributed by atoms with Gasteiger partial charge in [0.25, 0.3) is 0 Å². The SMILES string of the molecule is Cc1ccccc1C(CN)Cc1cccc(Cl)c1F. The summed E-state index contributed by atoms with van der Waals surface area (Å²) in [6, 6.07) is 13.2. The lowest BCUT2D eigenvalue weighted by molar-refractivity contribution is 0.590. The maximum Gasteiger partial charge on any atom is 0.144 e. The molecule has 0 aliphatic carbocycles. The normalized spacial score (nSPS) is 12.4. The van der Waals surface area contributed by atoms with Gasteiger partial charge in [0.1, 0.15) is 5.82 Å². The minimum atomic E-state index is -0.337. The van der Waals surface area contributed by atoms with Crippen LogP contribution in [-0.2, 0) is 6.42 Å². The van der Waals surface area contributed by atoms with Crippen molar-refractivity contribution in [3.63, 3.8) is 0 Å². The first-order chi connectivity index (χ1) is 9.13. The van der Waals surface area contributed by atoms with Gasteiger partial charge in [0.15, 0.2) is 0 Å². The summed E-state index contributed by atoms with van der Waals surface area (Å²) in [6.07, 6.45) is 0.563. The van der Waals surface area contributed by atoms with E-state index in [2.05, 4.69) is 6.07 Å². The fourth-order valence-electron chi connectivity index (χ4n) is 2.34. The van der Waals surface area contributed by atoms with Crippen LogP contribution in [0.15, 0.2) is 42.5 Å². The van der Waals surface area contributed by atoms with Gasteiger partial charge in [0.05, 0.1) is 5.02 Å². The topological polar surface area (TPSA) is 26.0 Å². The van der Waals surface area contributed by atoms with E-state index in [1.54, 1.807) is 18.2 Å². The molecule has 1 nitrogen and oxygen atoms in total. The zero-order valence-corrected chi connectivity index (χ0v) is 11.6. The molecular weight excluding hydrogens is 261 g/mol. The highest BCUT2D eigenvalue weighted by Crippen LogP contribution is 2.26. The molecule has 0 heterocycles. The number of halogens is 2. The van der Waals surface area contributed by atoms with Gasteiger partial charge in [-0.05, 0) is 42.6 Å². The van der Waals surface area contributed by atoms with Gasteiger partial charge < -0.3 is 5.73 Å². The molecule has 2 rings (SSSR count). The first kappa shape index (κ1) is 14.0. The molecule has 0 radical (unpaired) electrons. The van der Waals surface area contributed by atoms with Crippen LogP contribution in [0.3, 0.4) is 0 Å². The molecule has 0 bridgehead atoms. The van der Waals surface area contributed by atoms with Gasteiger partial charge in [-0.15, -0.1) is 0 Å². The van der Waals surface area contributed by atoms with Crippen LogP contribution in [0, 0.1) is 12.7 Å². The van der Waals surface area contributed by atoms with Crippen molar-refractivity contribution in [3.8, 4) is 0 Å². The first-order valence-electron chi connectivity index (χ1n) is 6.32. The van der Waals surface area contributed by atoms with Gasteiger partial charge in [-0.3, -0.25) is 0 Å². The molecule has 0 fully saturated rings. The molecular formula is C16H17ClFN. The van der Waals surface area contributed by atoms with Crippen molar-refractivity contribution >= 4 is 11.6 Å². The molecule has 1 unspecified atom stereocenters. The third-order valence-electron chi connectivity index (χ3n) is 3.41. The molecule has 2 N–H and O–H groups in total. The van der Waals surface area contributed by atoms with Crippen LogP contribution in [0.4, 0.5) is 4.39 Å². The summed E-state index contributed by atoms with van der Waals surface area (Å²) in [6.45, 7) is 2.53. The van der Waals surface area contributed by atoms with Gasteiger partial charge in [-0.25, -0.2) is 4.39 Å². The first-order valence-corrected chi connectivity index (χ1v) is 6.69. The van der Waals surface area contributed by atoms with Gasteiger partial charge in [-0.1, -0.05) is 48.0 Å². The van der Waals surface area contributed by atoms with E-state index in [1.807, 2.05) is 25.1 Å². The largest absolute Gasteiger partial charge is 0.330 e. The van der Waals surface area contributed by atoms with Crippen molar-refractivity contribution in [2.24, 2.45) is 5.73 Å². The van der Waals surface area contributed by atoms with E-state index in [-0.39, 0.29) is 16.8 Å². The molecule has 0 saturated carbocycles. The Hall–Kier alpha value is -1.38. The van der Waals surface area contributed by atoms with Gasteiger partial charge >= 0.3 is 0 Å². The van der Waals surface area contributed by atoms with Crippen molar-refractivity contribution in [1.82, 2.24) is 0 Å². The minimum Gasteiger partial charge on any atom is -0.330 e. The predicted molar refractivity (Wildman–Crippen MR) is 78.1 cm³/mol. The Labute approximate surface area is 118 Å². The molecule has 19 heavy (non-hydrogen) atoms. The van der Waals surface area contributed by atoms with Crippen molar-refractivity contribution in [2.45, 2.75) is 19.3 Å². The summed E-state index contributed by atoms with van der Waals surface area (Å²) >= 11 is 5.81. The Morgan fingerprint density at radius 2 is 1.89 bits per heavy atom. The summed E-state index contributed by atoms with van der Waals surface area (Å²) < 4.78 is 13.9. The van der Waals surface area contributed by atoms with E-state index in [4.69, 9.17) is 17.3 Å². The number of rotatable bonds is 4. The average molecular weight is 278 g/mol. The van der Waals surface area contributed by atoms with Crippen LogP contribution in [0.2, 0.25) is 5.02 Å². The summed E-state index contributed by atoms with van der Waals surface area (Å²) in [5, 5.41) is 0.165. The Morgan fingerprint density at radius 3 is 2.58 bits per heavy atom. The van der Waals surface area contributed by atoms with Crippen molar-refractivity contribution in [3.05, 3.63) is 70.0 Å². The third-order valence-corrected chi connectivity index (χ3v) is 3.70. The Balaban J connectivity index is 2.30. The second kappa shape index (κ2) is 6.18. The monoisotopic (exact) mass is 277 g/mol. The van der Waals surface area contributed by atoms with Crippen LogP contribution in [-0.4, -0.2) is 6.54 Å². The average Bonchev–Trinajstić information content (AvgIpc) is 2.41. The fourth-order valence-corrected chi connectivity index (χ4v) is 2.53. The third kappa shape index (κ3) is 3.14. The standard InChI is InChI=1S/C16H17ClFN/c1-11-5-2-3-7-14(11)13(10-19)9-12-6-4-8-15(17)16(12)18/h2-8,13H,9-10,19H2,1H3. The van der Waals surface area contributed by atoms with Crippen LogP contribution in [0.5, 0.6) is 0 Å². The second-order valence-corrected chi connectivity index (χ2v) is 5.11. The smallest absolute Gasteiger partial charge is 0.144 e. The Kier molecular flexibility index (Phi) is 4.56. The van der Waals surface area contributed by atoms with Gasteiger partial charge in [-0.2, -0.15) is 0 Å². The fraction of sp³-hybridized carbons (Fsp3) is 0.250. The molecule has 0 aromatic heterocycles. The summed E-state index contributed by atoms with van der Waals surface area (Å²) in [4.78, 5) is 0. The van der Waals surface area contributed by atoms with Crippen LogP contribution >= 0.6 is 11.6 Å². The molecule has 2 aromatic carbocycles. The zero-order valence-electron chi connectivity index (χ0n) is 10.9. The summed E-state index contributed by atoms with van der Waals surface area (Å²) in [5.74, 6) is -0.231. The predicted octanol–water partition coefficient (Wildman–Crippen LogP) is 4.07. The van der Waals surface area contributed by atoms with Crippen LogP contribution in [0.25, 0.3) is 0 Å². The molecule has 0 saturated heterocycles. The molecule has 0 aliphatic heterocycles. The molecule has 0 spiro atoms. The lowest BCUT2D eigenvalue weighted by atomic mass is 9.89. The molecule has 100 valence electrons. The summed E-state index contributed by atoms with van der Waals surface area (Å²) in [7, 11) is 0. The van der Waals surface area contributed by atoms with E-state index in [1.165, 1.54) is 11.1 Å². The maximum absolute atomic E-state index is 13.9. The van der Waals surface area contributed by atoms with Crippen molar-refractivity contribution in [1.29, 1.82) is 0 Å². The highest BCUT2D eigenvalue weighted by Gasteiger charge is 2.16. The molecule has 2 aromatic rings. The van der Waals surface area contributed by atoms with E-state index in [0.29, 0.717) is 18.5 Å². The number of hydrogen-bond donors (Lipinski definition) is 1. The minimum absolute atomic E-state index is 0.106. The zero-order chi connectivity index (χ0) is 13.8. The van der Waals surface area contributed by atoms with Crippen LogP contribution < -0.4 is 5.73 Å². The molecule has 1 atom stereocenters. The number of hydrogen-bond acceptors (Lipinski definition) is 1. The Morgan fingerprint density at radius 1 is 1.16 bits per heavy atom. The van der Waals surface area contributed by atoms with E-state index in [9.17, 15) is 4.39 Å². The summed E-state index contributed by atoms with van der Waals surface area (Å²) in [5.41, 5.74) is 8.82. The molecule has 3 heteroatoms. The molecule has 0 amide bonds. The quantitative estimate of drug-likeness (QED) is 0.896.